The normalized spacial score (nSPS) is 17.5. The van der Waals surface area contributed by atoms with Crippen molar-refractivity contribution in [2.24, 2.45) is 0 Å². The molecule has 1 N–H and O–H groups in total. The first-order valence-corrected chi connectivity index (χ1v) is 9.88. The molecule has 1 fully saturated rings. The van der Waals surface area contributed by atoms with Gasteiger partial charge in [0.2, 0.25) is 0 Å². The van der Waals surface area contributed by atoms with E-state index in [1.165, 1.54) is 42.6 Å². The molecule has 1 saturated heterocycles. The first kappa shape index (κ1) is 20.8. The number of aliphatic hydroxyl groups excluding tert-OH is 1. The summed E-state index contributed by atoms with van der Waals surface area (Å²) in [5.41, 5.74) is -0.921. The van der Waals surface area contributed by atoms with Crippen molar-refractivity contribution in [3.05, 3.63) is 97.0 Å². The minimum absolute atomic E-state index is 0.00959. The number of anilines is 1. The molecule has 11 nitrogen and oxygen atoms in total. The van der Waals surface area contributed by atoms with Gasteiger partial charge < -0.3 is 5.11 Å². The van der Waals surface area contributed by atoms with Gasteiger partial charge in [-0.2, -0.15) is 0 Å². The van der Waals surface area contributed by atoms with Crippen LogP contribution in [0.2, 0.25) is 0 Å². The van der Waals surface area contributed by atoms with Gasteiger partial charge in [0, 0.05) is 35.3 Å². The number of thiazole rings is 1. The molecule has 1 aliphatic rings. The fourth-order valence-electron chi connectivity index (χ4n) is 3.44. The van der Waals surface area contributed by atoms with Gasteiger partial charge in [-0.3, -0.25) is 34.7 Å². The molecular formula is C20H12N4O7S. The zero-order valence-corrected chi connectivity index (χ0v) is 16.8. The van der Waals surface area contributed by atoms with Crippen molar-refractivity contribution in [3.63, 3.8) is 0 Å². The second-order valence-electron chi connectivity index (χ2n) is 6.60. The Labute approximate surface area is 183 Å². The van der Waals surface area contributed by atoms with Gasteiger partial charge in [-0.05, 0) is 18.2 Å². The molecule has 12 heteroatoms. The van der Waals surface area contributed by atoms with Crippen LogP contribution >= 0.6 is 11.3 Å². The molecule has 1 aromatic heterocycles. The number of ketones is 1. The Morgan fingerprint density at radius 3 is 2.31 bits per heavy atom. The van der Waals surface area contributed by atoms with Crippen LogP contribution in [-0.2, 0) is 9.59 Å². The van der Waals surface area contributed by atoms with Crippen molar-refractivity contribution in [3.8, 4) is 0 Å². The predicted molar refractivity (Wildman–Crippen MR) is 113 cm³/mol. The fourth-order valence-corrected chi connectivity index (χ4v) is 4.11. The van der Waals surface area contributed by atoms with E-state index < -0.39 is 33.3 Å². The molecule has 4 rings (SSSR count). The second-order valence-corrected chi connectivity index (χ2v) is 7.48. The number of nitrogens with zero attached hydrogens (tertiary/aromatic N) is 4. The first-order chi connectivity index (χ1) is 15.3. The average molecular weight is 452 g/mol. The Morgan fingerprint density at radius 2 is 1.72 bits per heavy atom. The predicted octanol–water partition coefficient (Wildman–Crippen LogP) is 3.59. The van der Waals surface area contributed by atoms with Crippen molar-refractivity contribution in [2.75, 3.05) is 4.90 Å². The number of para-hydroxylation sites is 1. The van der Waals surface area contributed by atoms with E-state index in [-0.39, 0.29) is 33.2 Å². The molecule has 1 aliphatic heterocycles. The van der Waals surface area contributed by atoms with Crippen LogP contribution in [0, 0.1) is 20.2 Å². The lowest BCUT2D eigenvalue weighted by Gasteiger charge is -2.22. The zero-order valence-electron chi connectivity index (χ0n) is 15.9. The smallest absolute Gasteiger partial charge is 0.301 e. The van der Waals surface area contributed by atoms with Gasteiger partial charge in [-0.25, -0.2) is 4.98 Å². The molecule has 1 atom stereocenters. The van der Waals surface area contributed by atoms with Crippen LogP contribution in [0.25, 0.3) is 5.76 Å². The minimum atomic E-state index is -1.32. The first-order valence-electron chi connectivity index (χ1n) is 9.00. The summed E-state index contributed by atoms with van der Waals surface area (Å²) in [5, 5.41) is 35.2. The third-order valence-corrected chi connectivity index (χ3v) is 5.62. The van der Waals surface area contributed by atoms with E-state index in [1.54, 1.807) is 5.38 Å². The lowest BCUT2D eigenvalue weighted by Crippen LogP contribution is -2.29. The lowest BCUT2D eigenvalue weighted by atomic mass is 9.94. The highest BCUT2D eigenvalue weighted by atomic mass is 32.1. The van der Waals surface area contributed by atoms with Crippen LogP contribution in [-0.4, -0.2) is 31.6 Å². The van der Waals surface area contributed by atoms with E-state index in [4.69, 9.17) is 0 Å². The van der Waals surface area contributed by atoms with E-state index in [2.05, 4.69) is 4.98 Å². The quantitative estimate of drug-likeness (QED) is 0.202. The van der Waals surface area contributed by atoms with Gasteiger partial charge in [0.25, 0.3) is 17.2 Å². The van der Waals surface area contributed by atoms with E-state index in [1.807, 2.05) is 0 Å². The number of Topliss-reactive ketones (excluding diaryl/α,β-unsaturated/α-hetero) is 1. The topological polar surface area (TPSA) is 157 Å². The van der Waals surface area contributed by atoms with Crippen molar-refractivity contribution in [1.82, 2.24) is 4.98 Å². The molecule has 0 unspecified atom stereocenters. The number of non-ortho nitro benzene ring substituents is 1. The SMILES string of the molecule is O=C1C(=O)N(c2nccs2)[C@@H](c2ccccc2[N+](=O)[O-])C1=C(O)c1ccc([N+](=O)[O-])cc1. The molecule has 0 bridgehead atoms. The van der Waals surface area contributed by atoms with Gasteiger partial charge in [0.15, 0.2) is 5.13 Å². The minimum Gasteiger partial charge on any atom is -0.507 e. The second kappa shape index (κ2) is 8.00. The summed E-state index contributed by atoms with van der Waals surface area (Å²) in [7, 11) is 0. The van der Waals surface area contributed by atoms with Crippen LogP contribution in [0.5, 0.6) is 0 Å². The maximum absolute atomic E-state index is 13.0. The van der Waals surface area contributed by atoms with Crippen LogP contribution in [0.1, 0.15) is 17.2 Å². The third-order valence-electron chi connectivity index (χ3n) is 4.85. The van der Waals surface area contributed by atoms with Gasteiger partial charge in [0.05, 0.1) is 21.0 Å². The molecule has 1 amide bonds. The maximum Gasteiger partial charge on any atom is 0.301 e. The van der Waals surface area contributed by atoms with Crippen molar-refractivity contribution < 1.29 is 24.5 Å². The summed E-state index contributed by atoms with van der Waals surface area (Å²) >= 11 is 1.05. The third kappa shape index (κ3) is 3.37. The molecule has 0 radical (unpaired) electrons. The Kier molecular flexibility index (Phi) is 5.20. The highest BCUT2D eigenvalue weighted by molar-refractivity contribution is 7.14. The number of nitro benzene ring substituents is 2. The molecule has 160 valence electrons. The highest BCUT2D eigenvalue weighted by Gasteiger charge is 2.49. The zero-order chi connectivity index (χ0) is 23.0. The monoisotopic (exact) mass is 452 g/mol. The number of amides is 1. The molecule has 2 heterocycles. The lowest BCUT2D eigenvalue weighted by molar-refractivity contribution is -0.385. The number of carbonyl (C=O) groups is 2. The van der Waals surface area contributed by atoms with E-state index in [0.29, 0.717) is 0 Å². The van der Waals surface area contributed by atoms with E-state index in [0.717, 1.165) is 28.4 Å². The molecule has 32 heavy (non-hydrogen) atoms. The molecular weight excluding hydrogens is 440 g/mol. The number of carbonyl (C=O) groups excluding carboxylic acids is 2. The largest absolute Gasteiger partial charge is 0.507 e. The Bertz CT molecular complexity index is 1290. The van der Waals surface area contributed by atoms with Gasteiger partial charge in [-0.1, -0.05) is 12.1 Å². The number of nitro groups is 2. The number of aromatic nitrogens is 1. The summed E-state index contributed by atoms with van der Waals surface area (Å²) in [6.45, 7) is 0. The standard InChI is InChI=1S/C20H12N4O7S/c25-17(11-5-7-12(8-6-11)23(28)29)15-16(13-3-1-2-4-14(13)24(30)31)22(19(27)18(15)26)20-21-9-10-32-20/h1-10,16,25H/t16-/m0/s1. The molecule has 0 saturated carbocycles. The van der Waals surface area contributed by atoms with Crippen molar-refractivity contribution in [1.29, 1.82) is 0 Å². The summed E-state index contributed by atoms with van der Waals surface area (Å²) in [5.74, 6) is -2.67. The Hall–Kier alpha value is -4.45. The van der Waals surface area contributed by atoms with E-state index >= 15 is 0 Å². The summed E-state index contributed by atoms with van der Waals surface area (Å²) < 4.78 is 0. The Morgan fingerprint density at radius 1 is 1.03 bits per heavy atom. The molecule has 0 aliphatic carbocycles. The van der Waals surface area contributed by atoms with Gasteiger partial charge >= 0.3 is 5.91 Å². The number of rotatable bonds is 5. The molecule has 2 aromatic carbocycles. The number of hydrogen-bond acceptors (Lipinski definition) is 9. The number of benzene rings is 2. The van der Waals surface area contributed by atoms with Crippen LogP contribution < -0.4 is 4.90 Å². The van der Waals surface area contributed by atoms with E-state index in [9.17, 15) is 34.9 Å². The molecule has 3 aromatic rings. The summed E-state index contributed by atoms with van der Waals surface area (Å²) in [6.07, 6.45) is 1.41. The summed E-state index contributed by atoms with van der Waals surface area (Å²) in [6, 6.07) is 8.95. The Balaban J connectivity index is 1.96. The van der Waals surface area contributed by atoms with Crippen LogP contribution in [0.15, 0.2) is 65.7 Å². The van der Waals surface area contributed by atoms with Crippen LogP contribution in [0.4, 0.5) is 16.5 Å². The molecule has 0 spiro atoms. The number of aliphatic hydroxyl groups is 1. The summed E-state index contributed by atoms with van der Waals surface area (Å²) in [4.78, 5) is 52.2. The fraction of sp³-hybridized carbons (Fsp3) is 0.0500. The van der Waals surface area contributed by atoms with Crippen molar-refractivity contribution in [2.45, 2.75) is 6.04 Å². The average Bonchev–Trinajstić information content (AvgIpc) is 3.40. The van der Waals surface area contributed by atoms with Crippen LogP contribution in [0.3, 0.4) is 0 Å². The highest BCUT2D eigenvalue weighted by Crippen LogP contribution is 2.45. The maximum atomic E-state index is 13.0. The van der Waals surface area contributed by atoms with Gasteiger partial charge in [-0.15, -0.1) is 11.3 Å². The number of hydrogen-bond donors (Lipinski definition) is 1. The van der Waals surface area contributed by atoms with Gasteiger partial charge in [0.1, 0.15) is 11.8 Å². The van der Waals surface area contributed by atoms with Crippen molar-refractivity contribution >= 4 is 45.3 Å².